The summed E-state index contributed by atoms with van der Waals surface area (Å²) in [5, 5.41) is 0. The summed E-state index contributed by atoms with van der Waals surface area (Å²) in [4.78, 5) is 30.4. The van der Waals surface area contributed by atoms with Gasteiger partial charge in [-0.1, -0.05) is 53.5 Å². The molecule has 7 nitrogen and oxygen atoms in total. The molecule has 0 spiro atoms. The number of unbranched alkanes of at least 4 members (excludes halogenated alkanes) is 1. The molecule has 0 aliphatic rings. The molecule has 8 heteroatoms. The highest BCUT2D eigenvalue weighted by molar-refractivity contribution is 9.10. The van der Waals surface area contributed by atoms with Crippen molar-refractivity contribution in [2.45, 2.75) is 32.9 Å². The molecule has 3 aromatic rings. The Bertz CT molecular complexity index is 1150. The number of halogens is 1. The van der Waals surface area contributed by atoms with Crippen LogP contribution in [-0.4, -0.2) is 66.6 Å². The largest absolute Gasteiger partial charge is 0.496 e. The number of para-hydroxylation sites is 1. The van der Waals surface area contributed by atoms with Gasteiger partial charge in [0.15, 0.2) is 0 Å². The number of nitrogens with zero attached hydrogens (tertiary/aromatic N) is 3. The van der Waals surface area contributed by atoms with Crippen molar-refractivity contribution in [1.29, 1.82) is 0 Å². The Hall–Kier alpha value is -3.10. The minimum absolute atomic E-state index is 0.0304. The average molecular weight is 571 g/mol. The number of hydrogen-bond acceptors (Lipinski definition) is 4. The van der Waals surface area contributed by atoms with E-state index in [9.17, 15) is 9.59 Å². The van der Waals surface area contributed by atoms with Crippen LogP contribution in [0.25, 0.3) is 0 Å². The molecule has 0 aliphatic heterocycles. The van der Waals surface area contributed by atoms with Gasteiger partial charge in [0.2, 0.25) is 5.91 Å². The summed E-state index contributed by atoms with van der Waals surface area (Å²) in [6.45, 7) is 4.53. The second kappa shape index (κ2) is 14.6. The number of carbonyl (C=O) groups is 2. The van der Waals surface area contributed by atoms with Crippen molar-refractivity contribution in [1.82, 2.24) is 14.4 Å². The number of ether oxygens (including phenoxy) is 2. The standard InChI is InChI=1S/C29H36BrN3O4/c1-4-5-16-32(21-25-9-8-17-31(25)20-23-12-14-24(30)15-13-23)28(34)22-33(18-19-36-2)29(35)26-10-6-7-11-27(26)37-3/h6-15,17H,4-5,16,18-22H2,1-3H3. The molecule has 0 aliphatic carbocycles. The number of carbonyl (C=O) groups excluding carboxylic acids is 2. The van der Waals surface area contributed by atoms with Crippen LogP contribution in [0.15, 0.2) is 71.3 Å². The topological polar surface area (TPSA) is 64.0 Å². The molecule has 0 N–H and O–H groups in total. The van der Waals surface area contributed by atoms with Crippen LogP contribution in [0.1, 0.15) is 41.4 Å². The maximum absolute atomic E-state index is 13.6. The van der Waals surface area contributed by atoms with E-state index in [0.717, 1.165) is 29.6 Å². The lowest BCUT2D eigenvalue weighted by atomic mass is 10.1. The molecule has 1 heterocycles. The van der Waals surface area contributed by atoms with Gasteiger partial charge >= 0.3 is 0 Å². The van der Waals surface area contributed by atoms with Crippen LogP contribution in [0, 0.1) is 0 Å². The summed E-state index contributed by atoms with van der Waals surface area (Å²) in [5.41, 5.74) is 2.66. The first kappa shape index (κ1) is 28.5. The van der Waals surface area contributed by atoms with E-state index >= 15 is 0 Å². The number of methoxy groups -OCH3 is 2. The molecule has 3 rings (SSSR count). The zero-order chi connectivity index (χ0) is 26.6. The molecule has 0 fully saturated rings. The predicted molar refractivity (Wildman–Crippen MR) is 149 cm³/mol. The average Bonchev–Trinajstić information content (AvgIpc) is 3.35. The number of aromatic nitrogens is 1. The number of hydrogen-bond donors (Lipinski definition) is 0. The van der Waals surface area contributed by atoms with E-state index < -0.39 is 0 Å². The molecular formula is C29H36BrN3O4. The van der Waals surface area contributed by atoms with E-state index in [-0.39, 0.29) is 18.4 Å². The number of amides is 2. The predicted octanol–water partition coefficient (Wildman–Crippen LogP) is 5.23. The van der Waals surface area contributed by atoms with E-state index in [1.165, 1.54) is 12.7 Å². The minimum atomic E-state index is -0.253. The zero-order valence-corrected chi connectivity index (χ0v) is 23.4. The van der Waals surface area contributed by atoms with Gasteiger partial charge in [-0.15, -0.1) is 0 Å². The normalized spacial score (nSPS) is 10.8. The van der Waals surface area contributed by atoms with E-state index in [2.05, 4.69) is 39.6 Å². The first-order chi connectivity index (χ1) is 18.0. The van der Waals surface area contributed by atoms with Crippen LogP contribution >= 0.6 is 15.9 Å². The maximum atomic E-state index is 13.6. The fraction of sp³-hybridized carbons (Fsp3) is 0.379. The molecular weight excluding hydrogens is 534 g/mol. The van der Waals surface area contributed by atoms with Gasteiger partial charge in [-0.25, -0.2) is 0 Å². The monoisotopic (exact) mass is 569 g/mol. The highest BCUT2D eigenvalue weighted by Gasteiger charge is 2.24. The Balaban J connectivity index is 1.78. The third kappa shape index (κ3) is 8.20. The summed E-state index contributed by atoms with van der Waals surface area (Å²) >= 11 is 3.48. The molecule has 198 valence electrons. The first-order valence-electron chi connectivity index (χ1n) is 12.5. The van der Waals surface area contributed by atoms with Crippen LogP contribution in [0.5, 0.6) is 5.75 Å². The van der Waals surface area contributed by atoms with Crippen LogP contribution in [0.3, 0.4) is 0 Å². The van der Waals surface area contributed by atoms with Crippen molar-refractivity contribution in [3.63, 3.8) is 0 Å². The maximum Gasteiger partial charge on any atom is 0.258 e. The third-order valence-corrected chi connectivity index (χ3v) is 6.72. The number of rotatable bonds is 14. The van der Waals surface area contributed by atoms with Crippen molar-refractivity contribution in [3.8, 4) is 5.75 Å². The Kier molecular flexibility index (Phi) is 11.2. The van der Waals surface area contributed by atoms with Crippen molar-refractivity contribution in [2.75, 3.05) is 40.5 Å². The van der Waals surface area contributed by atoms with E-state index in [1.54, 1.807) is 30.2 Å². The molecule has 0 unspecified atom stereocenters. The van der Waals surface area contributed by atoms with E-state index in [1.807, 2.05) is 41.4 Å². The Labute approximate surface area is 228 Å². The molecule has 2 aromatic carbocycles. The second-order valence-electron chi connectivity index (χ2n) is 8.84. The van der Waals surface area contributed by atoms with Crippen molar-refractivity contribution >= 4 is 27.7 Å². The Morgan fingerprint density at radius 2 is 1.70 bits per heavy atom. The van der Waals surface area contributed by atoms with Gasteiger partial charge in [0, 0.05) is 43.1 Å². The van der Waals surface area contributed by atoms with Gasteiger partial charge in [-0.05, 0) is 48.4 Å². The smallest absolute Gasteiger partial charge is 0.258 e. The SMILES string of the molecule is CCCCN(Cc1cccn1Cc1ccc(Br)cc1)C(=O)CN(CCOC)C(=O)c1ccccc1OC. The lowest BCUT2D eigenvalue weighted by Gasteiger charge is -2.28. The molecule has 0 radical (unpaired) electrons. The van der Waals surface area contributed by atoms with Gasteiger partial charge in [0.05, 0.1) is 25.8 Å². The fourth-order valence-electron chi connectivity index (χ4n) is 4.08. The minimum Gasteiger partial charge on any atom is -0.496 e. The molecule has 0 saturated carbocycles. The van der Waals surface area contributed by atoms with Crippen LogP contribution in [0.2, 0.25) is 0 Å². The van der Waals surface area contributed by atoms with Gasteiger partial charge in [0.25, 0.3) is 5.91 Å². The fourth-order valence-corrected chi connectivity index (χ4v) is 4.34. The highest BCUT2D eigenvalue weighted by atomic mass is 79.9. The van der Waals surface area contributed by atoms with Crippen LogP contribution in [-0.2, 0) is 22.6 Å². The van der Waals surface area contributed by atoms with Gasteiger partial charge in [-0.2, -0.15) is 0 Å². The molecule has 0 atom stereocenters. The third-order valence-electron chi connectivity index (χ3n) is 6.19. The van der Waals surface area contributed by atoms with Crippen molar-refractivity contribution in [2.24, 2.45) is 0 Å². The van der Waals surface area contributed by atoms with Gasteiger partial charge in [-0.3, -0.25) is 9.59 Å². The van der Waals surface area contributed by atoms with Crippen molar-refractivity contribution in [3.05, 3.63) is 88.2 Å². The Morgan fingerprint density at radius 1 is 0.946 bits per heavy atom. The van der Waals surface area contributed by atoms with Gasteiger partial charge < -0.3 is 23.8 Å². The lowest BCUT2D eigenvalue weighted by molar-refractivity contribution is -0.132. The molecule has 37 heavy (non-hydrogen) atoms. The number of benzene rings is 2. The molecule has 1 aromatic heterocycles. The molecule has 0 bridgehead atoms. The Morgan fingerprint density at radius 3 is 2.41 bits per heavy atom. The van der Waals surface area contributed by atoms with E-state index in [0.29, 0.717) is 37.6 Å². The summed E-state index contributed by atoms with van der Waals surface area (Å²) in [5.74, 6) is 0.136. The van der Waals surface area contributed by atoms with Crippen LogP contribution in [0.4, 0.5) is 0 Å². The van der Waals surface area contributed by atoms with E-state index in [4.69, 9.17) is 9.47 Å². The highest BCUT2D eigenvalue weighted by Crippen LogP contribution is 2.20. The lowest BCUT2D eigenvalue weighted by Crippen LogP contribution is -2.44. The van der Waals surface area contributed by atoms with Crippen molar-refractivity contribution < 1.29 is 19.1 Å². The quantitative estimate of drug-likeness (QED) is 0.267. The van der Waals surface area contributed by atoms with Gasteiger partial charge in [0.1, 0.15) is 12.3 Å². The second-order valence-corrected chi connectivity index (χ2v) is 9.76. The molecule has 2 amide bonds. The summed E-state index contributed by atoms with van der Waals surface area (Å²) < 4.78 is 13.8. The molecule has 0 saturated heterocycles. The summed E-state index contributed by atoms with van der Waals surface area (Å²) in [6, 6.07) is 19.4. The summed E-state index contributed by atoms with van der Waals surface area (Å²) in [6.07, 6.45) is 3.89. The van der Waals surface area contributed by atoms with Crippen LogP contribution < -0.4 is 4.74 Å². The summed E-state index contributed by atoms with van der Waals surface area (Å²) in [7, 11) is 3.12. The zero-order valence-electron chi connectivity index (χ0n) is 21.9. The first-order valence-corrected chi connectivity index (χ1v) is 13.3.